The summed E-state index contributed by atoms with van der Waals surface area (Å²) in [5.41, 5.74) is 3.50. The van der Waals surface area contributed by atoms with Crippen LogP contribution in [-0.2, 0) is 12.8 Å². The highest BCUT2D eigenvalue weighted by atomic mass is 35.5. The molecule has 0 radical (unpaired) electrons. The monoisotopic (exact) mass is 282 g/mol. The van der Waals surface area contributed by atoms with Crippen molar-refractivity contribution in [3.8, 4) is 0 Å². The third-order valence-corrected chi connectivity index (χ3v) is 3.61. The van der Waals surface area contributed by atoms with E-state index in [0.29, 0.717) is 6.04 Å². The van der Waals surface area contributed by atoms with Crippen LogP contribution in [0.2, 0.25) is 0 Å². The topological polar surface area (TPSA) is 41.1 Å². The molecular weight excluding hydrogens is 260 g/mol. The molecule has 2 rings (SSSR count). The first kappa shape index (κ1) is 16.0. The Hall–Kier alpha value is -1.06. The minimum absolute atomic E-state index is 0. The van der Waals surface area contributed by atoms with Gasteiger partial charge < -0.3 is 10.6 Å². The van der Waals surface area contributed by atoms with E-state index in [-0.39, 0.29) is 18.3 Å². The van der Waals surface area contributed by atoms with Gasteiger partial charge in [0.25, 0.3) is 5.91 Å². The minimum Gasteiger partial charge on any atom is -0.355 e. The zero-order valence-electron chi connectivity index (χ0n) is 11.7. The van der Waals surface area contributed by atoms with E-state index >= 15 is 0 Å². The molecular formula is C15H23ClN2O. The van der Waals surface area contributed by atoms with Crippen molar-refractivity contribution in [3.05, 3.63) is 34.9 Å². The minimum atomic E-state index is 0. The summed E-state index contributed by atoms with van der Waals surface area (Å²) in [6.45, 7) is 3.27. The van der Waals surface area contributed by atoms with E-state index in [9.17, 15) is 4.79 Å². The van der Waals surface area contributed by atoms with Crippen molar-refractivity contribution in [1.82, 2.24) is 10.6 Å². The lowest BCUT2D eigenvalue weighted by Gasteiger charge is -2.26. The van der Waals surface area contributed by atoms with Crippen LogP contribution in [0.25, 0.3) is 0 Å². The number of fused-ring (bicyclic) bond motifs is 1. The summed E-state index contributed by atoms with van der Waals surface area (Å²) >= 11 is 0. The Balaban J connectivity index is 0.00000180. The molecule has 0 saturated heterocycles. The van der Waals surface area contributed by atoms with Gasteiger partial charge in [0.1, 0.15) is 0 Å². The maximum Gasteiger partial charge on any atom is 0.251 e. The van der Waals surface area contributed by atoms with Gasteiger partial charge in [0.05, 0.1) is 0 Å². The lowest BCUT2D eigenvalue weighted by Crippen LogP contribution is -2.35. The number of amides is 1. The van der Waals surface area contributed by atoms with Gasteiger partial charge in [0.2, 0.25) is 0 Å². The second-order valence-electron chi connectivity index (χ2n) is 4.96. The van der Waals surface area contributed by atoms with Crippen LogP contribution in [0, 0.1) is 0 Å². The molecule has 0 unspecified atom stereocenters. The van der Waals surface area contributed by atoms with Crippen molar-refractivity contribution < 1.29 is 4.79 Å². The molecule has 1 amide bonds. The van der Waals surface area contributed by atoms with Gasteiger partial charge in [-0.1, -0.05) is 13.0 Å². The quantitative estimate of drug-likeness (QED) is 0.890. The van der Waals surface area contributed by atoms with Gasteiger partial charge in [-0.25, -0.2) is 0 Å². The van der Waals surface area contributed by atoms with Gasteiger partial charge in [0.15, 0.2) is 0 Å². The van der Waals surface area contributed by atoms with Crippen molar-refractivity contribution in [2.24, 2.45) is 0 Å². The van der Waals surface area contributed by atoms with Crippen molar-refractivity contribution in [1.29, 1.82) is 0 Å². The van der Waals surface area contributed by atoms with E-state index in [0.717, 1.165) is 24.9 Å². The Morgan fingerprint density at radius 3 is 2.84 bits per heavy atom. The predicted molar refractivity (Wildman–Crippen MR) is 81.2 cm³/mol. The number of halogens is 1. The molecule has 1 atom stereocenters. The summed E-state index contributed by atoms with van der Waals surface area (Å²) < 4.78 is 0. The highest BCUT2D eigenvalue weighted by molar-refractivity contribution is 5.94. The fourth-order valence-electron chi connectivity index (χ4n) is 2.57. The number of benzene rings is 1. The van der Waals surface area contributed by atoms with Crippen LogP contribution < -0.4 is 10.6 Å². The van der Waals surface area contributed by atoms with Crippen LogP contribution in [0.3, 0.4) is 0 Å². The Labute approximate surface area is 121 Å². The average molecular weight is 283 g/mol. The van der Waals surface area contributed by atoms with Gasteiger partial charge >= 0.3 is 0 Å². The molecule has 1 aliphatic rings. The molecule has 0 spiro atoms. The average Bonchev–Trinajstić information content (AvgIpc) is 2.43. The summed E-state index contributed by atoms with van der Waals surface area (Å²) in [7, 11) is 1.67. The molecule has 0 heterocycles. The molecule has 0 fully saturated rings. The van der Waals surface area contributed by atoms with Crippen molar-refractivity contribution in [2.75, 3.05) is 13.6 Å². The molecule has 1 aromatic rings. The third-order valence-electron chi connectivity index (χ3n) is 3.61. The normalized spacial score (nSPS) is 17.3. The number of rotatable bonds is 4. The smallest absolute Gasteiger partial charge is 0.251 e. The fourth-order valence-corrected chi connectivity index (χ4v) is 2.57. The fraction of sp³-hybridized carbons (Fsp3) is 0.533. The molecule has 106 valence electrons. The number of aryl methyl sites for hydroxylation is 1. The molecule has 19 heavy (non-hydrogen) atoms. The van der Waals surface area contributed by atoms with Crippen LogP contribution in [0.15, 0.2) is 18.2 Å². The lowest BCUT2D eigenvalue weighted by atomic mass is 9.87. The maximum atomic E-state index is 11.6. The van der Waals surface area contributed by atoms with E-state index in [1.54, 1.807) is 7.05 Å². The zero-order valence-corrected chi connectivity index (χ0v) is 12.5. The van der Waals surface area contributed by atoms with E-state index < -0.39 is 0 Å². The van der Waals surface area contributed by atoms with Crippen LogP contribution in [0.5, 0.6) is 0 Å². The van der Waals surface area contributed by atoms with Crippen LogP contribution in [0.4, 0.5) is 0 Å². The summed E-state index contributed by atoms with van der Waals surface area (Å²) in [5.74, 6) is 0.00133. The second-order valence-corrected chi connectivity index (χ2v) is 4.96. The van der Waals surface area contributed by atoms with E-state index in [2.05, 4.69) is 23.6 Å². The van der Waals surface area contributed by atoms with Crippen LogP contribution >= 0.6 is 12.4 Å². The van der Waals surface area contributed by atoms with Gasteiger partial charge in [-0.05, 0) is 55.5 Å². The Morgan fingerprint density at radius 2 is 2.16 bits per heavy atom. The number of hydrogen-bond acceptors (Lipinski definition) is 2. The summed E-state index contributed by atoms with van der Waals surface area (Å²) in [6.07, 6.45) is 4.53. The Morgan fingerprint density at radius 1 is 1.37 bits per heavy atom. The lowest BCUT2D eigenvalue weighted by molar-refractivity contribution is 0.0963. The molecule has 0 bridgehead atoms. The SMILES string of the molecule is CCCN[C@@H]1CCc2ccc(C(=O)NC)cc2C1.Cl. The number of hydrogen-bond donors (Lipinski definition) is 2. The highest BCUT2D eigenvalue weighted by Crippen LogP contribution is 2.22. The maximum absolute atomic E-state index is 11.6. The molecule has 1 aliphatic carbocycles. The summed E-state index contributed by atoms with van der Waals surface area (Å²) in [5, 5.41) is 6.25. The van der Waals surface area contributed by atoms with E-state index in [1.807, 2.05) is 12.1 Å². The first-order chi connectivity index (χ1) is 8.74. The van der Waals surface area contributed by atoms with Gasteiger partial charge in [-0.15, -0.1) is 12.4 Å². The van der Waals surface area contributed by atoms with Gasteiger partial charge in [-0.3, -0.25) is 4.79 Å². The van der Waals surface area contributed by atoms with Gasteiger partial charge in [0, 0.05) is 18.7 Å². The number of carbonyl (C=O) groups excluding carboxylic acids is 1. The van der Waals surface area contributed by atoms with E-state index in [1.165, 1.54) is 24.0 Å². The molecule has 1 aromatic carbocycles. The largest absolute Gasteiger partial charge is 0.355 e. The summed E-state index contributed by atoms with van der Waals surface area (Å²) in [4.78, 5) is 11.6. The number of carbonyl (C=O) groups is 1. The molecule has 3 nitrogen and oxygen atoms in total. The first-order valence-electron chi connectivity index (χ1n) is 6.82. The highest BCUT2D eigenvalue weighted by Gasteiger charge is 2.19. The Kier molecular flexibility index (Phi) is 6.32. The van der Waals surface area contributed by atoms with Crippen molar-refractivity contribution in [2.45, 2.75) is 38.6 Å². The summed E-state index contributed by atoms with van der Waals surface area (Å²) in [6, 6.07) is 6.65. The Bertz CT molecular complexity index is 434. The van der Waals surface area contributed by atoms with Crippen molar-refractivity contribution in [3.63, 3.8) is 0 Å². The first-order valence-corrected chi connectivity index (χ1v) is 6.82. The second kappa shape index (κ2) is 7.51. The zero-order chi connectivity index (χ0) is 13.0. The van der Waals surface area contributed by atoms with E-state index in [4.69, 9.17) is 0 Å². The predicted octanol–water partition coefficient (Wildman–Crippen LogP) is 2.32. The molecule has 0 aromatic heterocycles. The molecule has 4 heteroatoms. The standard InChI is InChI=1S/C15H22N2O.ClH/c1-3-8-17-14-7-6-11-4-5-12(15(18)16-2)9-13(11)10-14;/h4-5,9,14,17H,3,6-8,10H2,1-2H3,(H,16,18);1H/t14-;/m1./s1. The van der Waals surface area contributed by atoms with Gasteiger partial charge in [-0.2, -0.15) is 0 Å². The number of nitrogens with one attached hydrogen (secondary N) is 2. The molecule has 0 aliphatic heterocycles. The third kappa shape index (κ3) is 3.95. The van der Waals surface area contributed by atoms with Crippen LogP contribution in [-0.4, -0.2) is 25.5 Å². The molecule has 2 N–H and O–H groups in total. The molecule has 0 saturated carbocycles. The van der Waals surface area contributed by atoms with Crippen LogP contribution in [0.1, 0.15) is 41.3 Å². The van der Waals surface area contributed by atoms with Crippen molar-refractivity contribution >= 4 is 18.3 Å².